The molecule has 1 N–H and O–H groups in total. The van der Waals surface area contributed by atoms with Crippen LogP contribution >= 0.6 is 0 Å². The van der Waals surface area contributed by atoms with Gasteiger partial charge < -0.3 is 4.90 Å². The summed E-state index contributed by atoms with van der Waals surface area (Å²) in [5.74, 6) is -0.971. The molecule has 0 spiro atoms. The van der Waals surface area contributed by atoms with Gasteiger partial charge >= 0.3 is 0 Å². The first-order chi connectivity index (χ1) is 14.2. The van der Waals surface area contributed by atoms with E-state index in [2.05, 4.69) is 4.72 Å². The first kappa shape index (κ1) is 21.5. The second-order valence-electron chi connectivity index (χ2n) is 7.15. The monoisotopic (exact) mass is 426 g/mol. The Labute approximate surface area is 176 Å². The van der Waals surface area contributed by atoms with Crippen molar-refractivity contribution >= 4 is 21.6 Å². The SMILES string of the molecule is Cc1ccccc1CN(C)C(=O)c1cc(S(=O)(=O)Nc2ccccc2F)ccc1C. The maximum atomic E-state index is 13.9. The van der Waals surface area contributed by atoms with Gasteiger partial charge in [-0.25, -0.2) is 12.8 Å². The first-order valence-electron chi connectivity index (χ1n) is 9.37. The number of benzene rings is 3. The van der Waals surface area contributed by atoms with E-state index in [1.165, 1.54) is 36.4 Å². The first-order valence-corrected chi connectivity index (χ1v) is 10.9. The van der Waals surface area contributed by atoms with E-state index in [4.69, 9.17) is 0 Å². The third kappa shape index (κ3) is 4.68. The lowest BCUT2D eigenvalue weighted by Crippen LogP contribution is -2.27. The molecule has 0 bridgehead atoms. The standard InChI is InChI=1S/C23H23FN2O3S/c1-16-8-4-5-9-18(16)15-26(3)23(27)20-14-19(13-12-17(20)2)30(28,29)25-22-11-7-6-10-21(22)24/h4-14,25H,15H2,1-3H3. The number of nitrogens with zero attached hydrogens (tertiary/aromatic N) is 1. The Morgan fingerprint density at radius 2 is 1.63 bits per heavy atom. The summed E-state index contributed by atoms with van der Waals surface area (Å²) >= 11 is 0. The van der Waals surface area contributed by atoms with Crippen molar-refractivity contribution < 1.29 is 17.6 Å². The minimum absolute atomic E-state index is 0.107. The smallest absolute Gasteiger partial charge is 0.262 e. The van der Waals surface area contributed by atoms with Gasteiger partial charge in [0.15, 0.2) is 0 Å². The summed E-state index contributed by atoms with van der Waals surface area (Å²) < 4.78 is 41.6. The Hall–Kier alpha value is -3.19. The molecule has 5 nitrogen and oxygen atoms in total. The number of carbonyl (C=O) groups is 1. The summed E-state index contributed by atoms with van der Waals surface area (Å²) in [6.45, 7) is 4.12. The molecule has 7 heteroatoms. The molecule has 3 rings (SSSR count). The van der Waals surface area contributed by atoms with Gasteiger partial charge in [0.1, 0.15) is 5.82 Å². The van der Waals surface area contributed by atoms with Crippen molar-refractivity contribution in [2.24, 2.45) is 0 Å². The second kappa shape index (κ2) is 8.67. The molecule has 0 aliphatic heterocycles. The van der Waals surface area contributed by atoms with E-state index in [1.807, 2.05) is 31.2 Å². The van der Waals surface area contributed by atoms with Crippen LogP contribution in [0.1, 0.15) is 27.0 Å². The number of aryl methyl sites for hydroxylation is 2. The molecular weight excluding hydrogens is 403 g/mol. The Morgan fingerprint density at radius 1 is 0.967 bits per heavy atom. The predicted octanol–water partition coefficient (Wildman–Crippen LogP) is 4.52. The maximum absolute atomic E-state index is 13.9. The van der Waals surface area contributed by atoms with E-state index in [1.54, 1.807) is 24.9 Å². The molecule has 0 atom stereocenters. The molecule has 1 amide bonds. The normalized spacial score (nSPS) is 11.2. The summed E-state index contributed by atoms with van der Waals surface area (Å²) in [4.78, 5) is 14.5. The van der Waals surface area contributed by atoms with Crippen LogP contribution in [0.2, 0.25) is 0 Å². The van der Waals surface area contributed by atoms with Crippen LogP contribution in [0.5, 0.6) is 0 Å². The van der Waals surface area contributed by atoms with E-state index in [-0.39, 0.29) is 22.1 Å². The third-order valence-electron chi connectivity index (χ3n) is 4.88. The number of rotatable bonds is 6. The van der Waals surface area contributed by atoms with Gasteiger partial charge in [0.2, 0.25) is 0 Å². The van der Waals surface area contributed by atoms with Gasteiger partial charge in [-0.3, -0.25) is 9.52 Å². The Kier molecular flexibility index (Phi) is 6.22. The summed E-state index contributed by atoms with van der Waals surface area (Å²) in [5.41, 5.74) is 2.86. The zero-order valence-electron chi connectivity index (χ0n) is 17.0. The topological polar surface area (TPSA) is 66.5 Å². The molecule has 0 aliphatic carbocycles. The highest BCUT2D eigenvalue weighted by Gasteiger charge is 2.21. The zero-order valence-corrected chi connectivity index (χ0v) is 17.8. The van der Waals surface area contributed by atoms with E-state index < -0.39 is 15.8 Å². The van der Waals surface area contributed by atoms with Gasteiger partial charge in [-0.05, 0) is 54.8 Å². The number of anilines is 1. The summed E-state index contributed by atoms with van der Waals surface area (Å²) in [6.07, 6.45) is 0. The Morgan fingerprint density at radius 3 is 2.33 bits per heavy atom. The van der Waals surface area contributed by atoms with Crippen LogP contribution in [-0.4, -0.2) is 26.3 Å². The molecular formula is C23H23FN2O3S. The van der Waals surface area contributed by atoms with Crippen LogP contribution < -0.4 is 4.72 Å². The van der Waals surface area contributed by atoms with E-state index >= 15 is 0 Å². The highest BCUT2D eigenvalue weighted by molar-refractivity contribution is 7.92. The number of carbonyl (C=O) groups excluding carboxylic acids is 1. The Balaban J connectivity index is 1.88. The number of hydrogen-bond donors (Lipinski definition) is 1. The lowest BCUT2D eigenvalue weighted by Gasteiger charge is -2.20. The van der Waals surface area contributed by atoms with Gasteiger partial charge in [-0.1, -0.05) is 42.5 Å². The molecule has 0 radical (unpaired) electrons. The van der Waals surface area contributed by atoms with E-state index in [0.29, 0.717) is 12.1 Å². The molecule has 156 valence electrons. The van der Waals surface area contributed by atoms with Crippen molar-refractivity contribution in [3.8, 4) is 0 Å². The molecule has 0 aliphatic rings. The molecule has 0 saturated carbocycles. The minimum atomic E-state index is -4.06. The molecule has 0 heterocycles. The van der Waals surface area contributed by atoms with Gasteiger partial charge in [0.25, 0.3) is 15.9 Å². The number of sulfonamides is 1. The van der Waals surface area contributed by atoms with E-state index in [0.717, 1.165) is 11.1 Å². The van der Waals surface area contributed by atoms with Gasteiger partial charge in [-0.15, -0.1) is 0 Å². The lowest BCUT2D eigenvalue weighted by atomic mass is 10.1. The summed E-state index contributed by atoms with van der Waals surface area (Å²) in [5, 5.41) is 0. The van der Waals surface area contributed by atoms with Gasteiger partial charge in [0, 0.05) is 19.2 Å². The van der Waals surface area contributed by atoms with Crippen LogP contribution in [0.15, 0.2) is 71.6 Å². The maximum Gasteiger partial charge on any atom is 0.262 e. The largest absolute Gasteiger partial charge is 0.337 e. The van der Waals surface area contributed by atoms with Crippen molar-refractivity contribution in [2.75, 3.05) is 11.8 Å². The van der Waals surface area contributed by atoms with Crippen molar-refractivity contribution in [2.45, 2.75) is 25.3 Å². The predicted molar refractivity (Wildman–Crippen MR) is 115 cm³/mol. The molecule has 0 aromatic heterocycles. The number of hydrogen-bond acceptors (Lipinski definition) is 3. The van der Waals surface area contributed by atoms with Crippen molar-refractivity contribution in [1.82, 2.24) is 4.90 Å². The van der Waals surface area contributed by atoms with Crippen molar-refractivity contribution in [3.63, 3.8) is 0 Å². The minimum Gasteiger partial charge on any atom is -0.337 e. The number of nitrogens with one attached hydrogen (secondary N) is 1. The van der Waals surface area contributed by atoms with Crippen LogP contribution in [0.4, 0.5) is 10.1 Å². The number of para-hydroxylation sites is 1. The third-order valence-corrected chi connectivity index (χ3v) is 6.25. The summed E-state index contributed by atoms with van der Waals surface area (Å²) in [7, 11) is -2.39. The quantitative estimate of drug-likeness (QED) is 0.630. The lowest BCUT2D eigenvalue weighted by molar-refractivity contribution is 0.0784. The molecule has 3 aromatic rings. The zero-order chi connectivity index (χ0) is 21.9. The van der Waals surface area contributed by atoms with Crippen molar-refractivity contribution in [3.05, 3.63) is 94.8 Å². The fourth-order valence-corrected chi connectivity index (χ4v) is 4.16. The molecule has 0 unspecified atom stereocenters. The Bertz CT molecular complexity index is 1190. The second-order valence-corrected chi connectivity index (χ2v) is 8.83. The summed E-state index contributed by atoms with van der Waals surface area (Å²) in [6, 6.07) is 17.6. The van der Waals surface area contributed by atoms with Crippen LogP contribution in [0.25, 0.3) is 0 Å². The highest BCUT2D eigenvalue weighted by atomic mass is 32.2. The van der Waals surface area contributed by atoms with E-state index in [9.17, 15) is 17.6 Å². The van der Waals surface area contributed by atoms with Crippen LogP contribution in [0, 0.1) is 19.7 Å². The molecule has 0 saturated heterocycles. The number of halogens is 1. The van der Waals surface area contributed by atoms with Crippen molar-refractivity contribution in [1.29, 1.82) is 0 Å². The highest BCUT2D eigenvalue weighted by Crippen LogP contribution is 2.22. The fourth-order valence-electron chi connectivity index (χ4n) is 3.07. The molecule has 0 fully saturated rings. The van der Waals surface area contributed by atoms with Crippen LogP contribution in [-0.2, 0) is 16.6 Å². The van der Waals surface area contributed by atoms with Gasteiger partial charge in [-0.2, -0.15) is 0 Å². The van der Waals surface area contributed by atoms with Gasteiger partial charge in [0.05, 0.1) is 10.6 Å². The average Bonchev–Trinajstić information content (AvgIpc) is 2.71. The number of amides is 1. The fraction of sp³-hybridized carbons (Fsp3) is 0.174. The molecule has 30 heavy (non-hydrogen) atoms. The molecule has 3 aromatic carbocycles. The van der Waals surface area contributed by atoms with Crippen LogP contribution in [0.3, 0.4) is 0 Å². The average molecular weight is 427 g/mol.